The Hall–Kier alpha value is -9.52. The Morgan fingerprint density at radius 2 is 0.500 bits per heavy atom. The number of benzene rings is 11. The van der Waals surface area contributed by atoms with Crippen molar-refractivity contribution in [3.8, 4) is 68.3 Å². The molecule has 0 radical (unpaired) electrons. The Kier molecular flexibility index (Phi) is 8.98. The van der Waals surface area contributed by atoms with Crippen LogP contribution in [0, 0.1) is 0 Å². The fourth-order valence-corrected chi connectivity index (χ4v) is 11.5. The van der Waals surface area contributed by atoms with E-state index in [4.69, 9.17) is 29.9 Å². The highest BCUT2D eigenvalue weighted by Crippen LogP contribution is 2.56. The Morgan fingerprint density at radius 1 is 0.194 bits per heavy atom. The van der Waals surface area contributed by atoms with Crippen molar-refractivity contribution < 1.29 is 0 Å². The van der Waals surface area contributed by atoms with E-state index in [-0.39, 0.29) is 11.8 Å². The van der Waals surface area contributed by atoms with Crippen LogP contribution in [0.3, 0.4) is 0 Å². The van der Waals surface area contributed by atoms with Gasteiger partial charge in [-0.2, -0.15) is 0 Å². The molecule has 0 fully saturated rings. The summed E-state index contributed by atoms with van der Waals surface area (Å²) >= 11 is 0. The average Bonchev–Trinajstić information content (AvgIpc) is 3.46. The van der Waals surface area contributed by atoms with Crippen LogP contribution in [0.1, 0.15) is 45.2 Å². The molecule has 16 rings (SSSR count). The van der Waals surface area contributed by atoms with Crippen molar-refractivity contribution in [2.75, 3.05) is 0 Å². The molecule has 0 N–H and O–H groups in total. The van der Waals surface area contributed by atoms with Gasteiger partial charge in [-0.1, -0.05) is 206 Å². The Balaban J connectivity index is 0.846. The van der Waals surface area contributed by atoms with Gasteiger partial charge in [-0.3, -0.25) is 0 Å². The van der Waals surface area contributed by atoms with Crippen LogP contribution in [0.5, 0.6) is 0 Å². The van der Waals surface area contributed by atoms with Crippen LogP contribution >= 0.6 is 0 Å². The normalized spacial score (nSPS) is 14.4. The summed E-state index contributed by atoms with van der Waals surface area (Å²) in [4.78, 5) is 31.1. The van der Waals surface area contributed by atoms with Gasteiger partial charge in [-0.05, 0) is 101 Å². The molecule has 2 unspecified atom stereocenters. The van der Waals surface area contributed by atoms with Gasteiger partial charge in [0.1, 0.15) is 0 Å². The molecule has 0 saturated heterocycles. The second-order valence-electron chi connectivity index (χ2n) is 19.0. The molecule has 6 nitrogen and oxygen atoms in total. The third-order valence-electron chi connectivity index (χ3n) is 14.9. The molecule has 2 heterocycles. The molecule has 3 aliphatic carbocycles. The van der Waals surface area contributed by atoms with Gasteiger partial charge in [0.2, 0.25) is 0 Å². The van der Waals surface area contributed by atoms with Gasteiger partial charge in [-0.15, -0.1) is 0 Å². The van der Waals surface area contributed by atoms with E-state index in [1.165, 1.54) is 65.7 Å². The van der Waals surface area contributed by atoms with Gasteiger partial charge in [-0.25, -0.2) is 29.9 Å². The predicted molar refractivity (Wildman–Crippen MR) is 291 cm³/mol. The smallest absolute Gasteiger partial charge is 0.164 e. The van der Waals surface area contributed by atoms with Crippen LogP contribution in [0.15, 0.2) is 231 Å². The molecule has 6 heteroatoms. The summed E-state index contributed by atoms with van der Waals surface area (Å²) in [6.07, 6.45) is 0. The molecule has 13 aromatic rings. The number of fused-ring (bicyclic) bond motifs is 6. The van der Waals surface area contributed by atoms with Crippen molar-refractivity contribution in [1.29, 1.82) is 0 Å². The monoisotopic (exact) mass is 916 g/mol. The SMILES string of the molecule is c1ccc(-c2nc(-c3ccc4c(c3)C3c5ccccc5C4c4cc(-c5nc(-c6ccccc6)nc(-c6ccc7c(ccc8ccccc87)c6)n5)ccc43)nc(-c3ccc4c(ccc5ccccc54)c3)n2)cc1. The molecule has 0 amide bonds. The van der Waals surface area contributed by atoms with E-state index >= 15 is 0 Å². The molecule has 0 saturated carbocycles. The fraction of sp³-hybridized carbons (Fsp3) is 0.0303. The Morgan fingerprint density at radius 3 is 0.931 bits per heavy atom. The second kappa shape index (κ2) is 16.0. The zero-order chi connectivity index (χ0) is 47.3. The molecule has 0 aliphatic heterocycles. The van der Waals surface area contributed by atoms with Crippen LogP contribution in [0.2, 0.25) is 0 Å². The largest absolute Gasteiger partial charge is 0.208 e. The topological polar surface area (TPSA) is 77.3 Å². The van der Waals surface area contributed by atoms with Crippen LogP contribution in [0.25, 0.3) is 111 Å². The maximum atomic E-state index is 5.26. The van der Waals surface area contributed by atoms with Crippen LogP contribution in [-0.2, 0) is 0 Å². The lowest BCUT2D eigenvalue weighted by atomic mass is 9.61. The van der Waals surface area contributed by atoms with Gasteiger partial charge >= 0.3 is 0 Å². The molecule has 2 atom stereocenters. The first-order chi connectivity index (χ1) is 35.6. The summed E-state index contributed by atoms with van der Waals surface area (Å²) < 4.78 is 0. The average molecular weight is 917 g/mol. The van der Waals surface area contributed by atoms with E-state index in [0.29, 0.717) is 34.9 Å². The maximum absolute atomic E-state index is 5.26. The minimum absolute atomic E-state index is 0.0119. The molecule has 2 bridgehead atoms. The number of aromatic nitrogens is 6. The lowest BCUT2D eigenvalue weighted by Crippen LogP contribution is -2.27. The number of nitrogens with zero attached hydrogens (tertiary/aromatic N) is 6. The van der Waals surface area contributed by atoms with E-state index in [0.717, 1.165) is 44.2 Å². The van der Waals surface area contributed by atoms with Crippen molar-refractivity contribution in [3.63, 3.8) is 0 Å². The highest BCUT2D eigenvalue weighted by molar-refractivity contribution is 6.09. The lowest BCUT2D eigenvalue weighted by molar-refractivity contribution is 0.754. The van der Waals surface area contributed by atoms with Crippen molar-refractivity contribution >= 4 is 43.1 Å². The van der Waals surface area contributed by atoms with Gasteiger partial charge in [0.15, 0.2) is 34.9 Å². The molecular formula is C66H40N6. The number of hydrogen-bond acceptors (Lipinski definition) is 6. The van der Waals surface area contributed by atoms with Gasteiger partial charge in [0.05, 0.1) is 0 Å². The summed E-state index contributed by atoms with van der Waals surface area (Å²) in [7, 11) is 0. The fourth-order valence-electron chi connectivity index (χ4n) is 11.5. The van der Waals surface area contributed by atoms with E-state index < -0.39 is 0 Å². The predicted octanol–water partition coefficient (Wildman–Crippen LogP) is 15.7. The van der Waals surface area contributed by atoms with E-state index in [1.54, 1.807) is 0 Å². The highest BCUT2D eigenvalue weighted by atomic mass is 15.0. The van der Waals surface area contributed by atoms with E-state index in [2.05, 4.69) is 194 Å². The third-order valence-corrected chi connectivity index (χ3v) is 14.9. The van der Waals surface area contributed by atoms with Crippen molar-refractivity contribution in [3.05, 3.63) is 264 Å². The highest BCUT2D eigenvalue weighted by Gasteiger charge is 2.41. The summed E-state index contributed by atoms with van der Waals surface area (Å²) in [5.41, 5.74) is 13.5. The zero-order valence-corrected chi connectivity index (χ0v) is 38.8. The maximum Gasteiger partial charge on any atom is 0.164 e. The van der Waals surface area contributed by atoms with Gasteiger partial charge in [0.25, 0.3) is 0 Å². The standard InChI is InChI=1S/C66H40N6/c1-3-15-41(16-4-1)61-67-63(45-27-31-51-43(35-45)25-23-39-13-7-9-19-49(39)51)71-65(69-61)47-29-33-55-57(37-47)59-53-21-11-12-22-54(53)60(55)58-38-48(30-34-56(58)59)66-70-62(42-17-5-2-6-18-42)68-64(72-66)46-28-32-52-44(36-46)26-24-40-14-8-10-20-50(40)52/h1-38,59-60H. The summed E-state index contributed by atoms with van der Waals surface area (Å²) in [5, 5.41) is 9.60. The van der Waals surface area contributed by atoms with Crippen molar-refractivity contribution in [1.82, 2.24) is 29.9 Å². The Labute approximate surface area is 415 Å². The molecule has 11 aromatic carbocycles. The third kappa shape index (κ3) is 6.50. The molecule has 334 valence electrons. The summed E-state index contributed by atoms with van der Waals surface area (Å²) in [6, 6.07) is 81.9. The number of hydrogen-bond donors (Lipinski definition) is 0. The van der Waals surface area contributed by atoms with Gasteiger partial charge in [0, 0.05) is 45.2 Å². The first-order valence-corrected chi connectivity index (χ1v) is 24.5. The summed E-state index contributed by atoms with van der Waals surface area (Å²) in [6.45, 7) is 0. The van der Waals surface area contributed by atoms with Crippen LogP contribution in [-0.4, -0.2) is 29.9 Å². The first kappa shape index (κ1) is 40.4. The first-order valence-electron chi connectivity index (χ1n) is 24.5. The van der Waals surface area contributed by atoms with E-state index in [9.17, 15) is 0 Å². The lowest BCUT2D eigenvalue weighted by Gasteiger charge is -2.42. The van der Waals surface area contributed by atoms with Crippen molar-refractivity contribution in [2.24, 2.45) is 0 Å². The van der Waals surface area contributed by atoms with Gasteiger partial charge < -0.3 is 0 Å². The molecular weight excluding hydrogens is 877 g/mol. The summed E-state index contributed by atoms with van der Waals surface area (Å²) in [5.74, 6) is 3.88. The molecule has 0 spiro atoms. The van der Waals surface area contributed by atoms with Crippen LogP contribution < -0.4 is 0 Å². The van der Waals surface area contributed by atoms with E-state index in [1.807, 2.05) is 36.4 Å². The molecule has 72 heavy (non-hydrogen) atoms. The van der Waals surface area contributed by atoms with Crippen molar-refractivity contribution in [2.45, 2.75) is 11.8 Å². The number of rotatable bonds is 6. The van der Waals surface area contributed by atoms with Crippen LogP contribution in [0.4, 0.5) is 0 Å². The zero-order valence-electron chi connectivity index (χ0n) is 38.8. The Bertz CT molecular complexity index is 4080. The molecule has 2 aromatic heterocycles. The molecule has 3 aliphatic rings. The minimum atomic E-state index is 0.0119. The second-order valence-corrected chi connectivity index (χ2v) is 19.0. The minimum Gasteiger partial charge on any atom is -0.208 e. The quantitative estimate of drug-likeness (QED) is 0.155.